The lowest BCUT2D eigenvalue weighted by Gasteiger charge is -2.45. The minimum atomic E-state index is -0.784. The molecule has 1 saturated heterocycles. The third kappa shape index (κ3) is 2.71. The van der Waals surface area contributed by atoms with Crippen LogP contribution in [-0.2, 0) is 4.79 Å². The third-order valence-electron chi connectivity index (χ3n) is 4.02. The second-order valence-electron chi connectivity index (χ2n) is 5.22. The molecule has 0 aliphatic carbocycles. The summed E-state index contributed by atoms with van der Waals surface area (Å²) in [5.41, 5.74) is 0.527. The number of carbonyl (C=O) groups is 1. The van der Waals surface area contributed by atoms with Gasteiger partial charge in [-0.25, -0.2) is 4.39 Å². The third-order valence-corrected chi connectivity index (χ3v) is 4.02. The zero-order valence-corrected chi connectivity index (χ0v) is 11.0. The molecule has 0 aromatic heterocycles. The first-order valence-electron chi connectivity index (χ1n) is 6.35. The van der Waals surface area contributed by atoms with Crippen molar-refractivity contribution < 1.29 is 19.4 Å². The highest BCUT2D eigenvalue weighted by Crippen LogP contribution is 2.33. The van der Waals surface area contributed by atoms with Crippen molar-refractivity contribution in [2.45, 2.75) is 19.9 Å². The molecule has 1 fully saturated rings. The first-order chi connectivity index (χ1) is 8.90. The molecule has 1 aromatic carbocycles. The zero-order chi connectivity index (χ0) is 14.2. The van der Waals surface area contributed by atoms with Crippen molar-refractivity contribution in [2.24, 2.45) is 11.8 Å². The molecule has 2 N–H and O–H groups in total. The highest BCUT2D eigenvalue weighted by Gasteiger charge is 2.37. The summed E-state index contributed by atoms with van der Waals surface area (Å²) in [5, 5.41) is 18.1. The molecule has 2 rings (SSSR count). The second-order valence-corrected chi connectivity index (χ2v) is 5.22. The van der Waals surface area contributed by atoms with E-state index in [1.54, 1.807) is 13.0 Å². The van der Waals surface area contributed by atoms with Gasteiger partial charge in [0.2, 0.25) is 0 Å². The van der Waals surface area contributed by atoms with Gasteiger partial charge < -0.3 is 10.2 Å². The summed E-state index contributed by atoms with van der Waals surface area (Å²) in [7, 11) is 0. The Morgan fingerprint density at radius 2 is 2.05 bits per heavy atom. The maximum atomic E-state index is 13.7. The number of hydrogen-bond acceptors (Lipinski definition) is 3. The van der Waals surface area contributed by atoms with E-state index in [0.29, 0.717) is 18.7 Å². The summed E-state index contributed by atoms with van der Waals surface area (Å²) in [4.78, 5) is 12.9. The normalized spacial score (nSPS) is 19.7. The highest BCUT2D eigenvalue weighted by atomic mass is 19.1. The van der Waals surface area contributed by atoms with Crippen LogP contribution in [0.25, 0.3) is 0 Å². The fourth-order valence-electron chi connectivity index (χ4n) is 2.43. The molecule has 2 unspecified atom stereocenters. The molecular formula is C14H18FNO3. The van der Waals surface area contributed by atoms with E-state index in [1.165, 1.54) is 6.07 Å². The Morgan fingerprint density at radius 3 is 2.58 bits per heavy atom. The molecule has 0 saturated carbocycles. The van der Waals surface area contributed by atoms with Crippen molar-refractivity contribution in [1.82, 2.24) is 4.90 Å². The van der Waals surface area contributed by atoms with Crippen molar-refractivity contribution in [3.63, 3.8) is 0 Å². The van der Waals surface area contributed by atoms with Crippen molar-refractivity contribution >= 4 is 5.97 Å². The first-order valence-corrected chi connectivity index (χ1v) is 6.35. The smallest absolute Gasteiger partial charge is 0.306 e. The first kappa shape index (κ1) is 13.8. The van der Waals surface area contributed by atoms with Gasteiger partial charge in [-0.05, 0) is 18.9 Å². The Balaban J connectivity index is 2.00. The van der Waals surface area contributed by atoms with E-state index < -0.39 is 11.8 Å². The van der Waals surface area contributed by atoms with Gasteiger partial charge in [-0.3, -0.25) is 9.69 Å². The minimum Gasteiger partial charge on any atom is -0.508 e. The number of nitrogens with zero attached hydrogens (tertiary/aromatic N) is 1. The van der Waals surface area contributed by atoms with Crippen molar-refractivity contribution in [3.05, 3.63) is 29.6 Å². The van der Waals surface area contributed by atoms with Crippen molar-refractivity contribution in [3.8, 4) is 5.75 Å². The number of aromatic hydroxyl groups is 1. The number of aliphatic carboxylic acids is 1. The Bertz CT molecular complexity index is 486. The van der Waals surface area contributed by atoms with E-state index in [2.05, 4.69) is 0 Å². The Kier molecular flexibility index (Phi) is 3.75. The van der Waals surface area contributed by atoms with Crippen molar-refractivity contribution in [1.29, 1.82) is 0 Å². The van der Waals surface area contributed by atoms with E-state index in [0.717, 1.165) is 6.07 Å². The molecule has 104 valence electrons. The van der Waals surface area contributed by atoms with Gasteiger partial charge in [-0.2, -0.15) is 0 Å². The molecular weight excluding hydrogens is 249 g/mol. The number of carboxylic acid groups (broad SMARTS) is 1. The number of hydrogen-bond donors (Lipinski definition) is 2. The largest absolute Gasteiger partial charge is 0.508 e. The van der Waals surface area contributed by atoms with Crippen molar-refractivity contribution in [2.75, 3.05) is 13.1 Å². The zero-order valence-electron chi connectivity index (χ0n) is 11.0. The summed E-state index contributed by atoms with van der Waals surface area (Å²) < 4.78 is 13.7. The van der Waals surface area contributed by atoms with Crippen LogP contribution in [0.3, 0.4) is 0 Å². The number of halogens is 1. The quantitative estimate of drug-likeness (QED) is 0.878. The van der Waals surface area contributed by atoms with Crippen LogP contribution in [0.2, 0.25) is 0 Å². The van der Waals surface area contributed by atoms with Crippen LogP contribution in [0.4, 0.5) is 4.39 Å². The van der Waals surface area contributed by atoms with Gasteiger partial charge in [0.15, 0.2) is 0 Å². The minimum absolute atomic E-state index is 0.0885. The lowest BCUT2D eigenvalue weighted by atomic mass is 9.85. The summed E-state index contributed by atoms with van der Waals surface area (Å²) in [6, 6.07) is 4.02. The van der Waals surface area contributed by atoms with E-state index in [1.807, 2.05) is 11.8 Å². The molecule has 1 aliphatic heterocycles. The SMILES string of the molecule is CC(C(=O)O)C1CN(C(C)c2ccc(O)cc2F)C1. The van der Waals surface area contributed by atoms with Crippen LogP contribution in [0.5, 0.6) is 5.75 Å². The molecule has 1 heterocycles. The van der Waals surface area contributed by atoms with E-state index >= 15 is 0 Å². The average Bonchev–Trinajstić information content (AvgIpc) is 2.26. The second kappa shape index (κ2) is 5.17. The monoisotopic (exact) mass is 267 g/mol. The summed E-state index contributed by atoms with van der Waals surface area (Å²) >= 11 is 0. The summed E-state index contributed by atoms with van der Waals surface area (Å²) in [6.07, 6.45) is 0. The van der Waals surface area contributed by atoms with Gasteiger partial charge in [0.25, 0.3) is 0 Å². The standard InChI is InChI=1S/C14H18FNO3/c1-8(14(18)19)10-6-16(7-10)9(2)12-4-3-11(17)5-13(12)15/h3-5,8-10,17H,6-7H2,1-2H3,(H,18,19). The molecule has 0 amide bonds. The Hall–Kier alpha value is -1.62. The molecule has 0 bridgehead atoms. The lowest BCUT2D eigenvalue weighted by molar-refractivity contribution is -0.146. The topological polar surface area (TPSA) is 60.8 Å². The molecule has 19 heavy (non-hydrogen) atoms. The Morgan fingerprint density at radius 1 is 1.42 bits per heavy atom. The van der Waals surface area contributed by atoms with Gasteiger partial charge in [0.1, 0.15) is 11.6 Å². The average molecular weight is 267 g/mol. The van der Waals surface area contributed by atoms with E-state index in [-0.39, 0.29) is 23.6 Å². The summed E-state index contributed by atoms with van der Waals surface area (Å²) in [5.74, 6) is -1.54. The highest BCUT2D eigenvalue weighted by molar-refractivity contribution is 5.70. The maximum absolute atomic E-state index is 13.7. The fourth-order valence-corrected chi connectivity index (χ4v) is 2.43. The number of phenolic OH excluding ortho intramolecular Hbond substituents is 1. The number of benzene rings is 1. The Labute approximate surface area is 111 Å². The molecule has 1 aliphatic rings. The van der Waals surface area contributed by atoms with Crippen LogP contribution in [-0.4, -0.2) is 34.2 Å². The lowest BCUT2D eigenvalue weighted by Crippen LogP contribution is -2.51. The predicted octanol–water partition coefficient (Wildman–Crippen LogP) is 2.24. The van der Waals surface area contributed by atoms with Gasteiger partial charge >= 0.3 is 5.97 Å². The molecule has 0 spiro atoms. The predicted molar refractivity (Wildman–Crippen MR) is 68.3 cm³/mol. The fraction of sp³-hybridized carbons (Fsp3) is 0.500. The molecule has 4 nitrogen and oxygen atoms in total. The number of phenols is 1. The number of rotatable bonds is 4. The van der Waals surface area contributed by atoms with E-state index in [4.69, 9.17) is 5.11 Å². The number of carboxylic acids is 1. The number of likely N-dealkylation sites (tertiary alicyclic amines) is 1. The van der Waals surface area contributed by atoms with Crippen LogP contribution in [0.1, 0.15) is 25.5 Å². The van der Waals surface area contributed by atoms with Crippen LogP contribution < -0.4 is 0 Å². The van der Waals surface area contributed by atoms with Crippen LogP contribution in [0, 0.1) is 17.7 Å². The van der Waals surface area contributed by atoms with Gasteiger partial charge in [0.05, 0.1) is 5.92 Å². The molecule has 5 heteroatoms. The van der Waals surface area contributed by atoms with Crippen LogP contribution >= 0.6 is 0 Å². The van der Waals surface area contributed by atoms with E-state index in [9.17, 15) is 14.3 Å². The van der Waals surface area contributed by atoms with Gasteiger partial charge in [-0.1, -0.05) is 13.0 Å². The maximum Gasteiger partial charge on any atom is 0.306 e. The van der Waals surface area contributed by atoms with Crippen LogP contribution in [0.15, 0.2) is 18.2 Å². The molecule has 1 aromatic rings. The van der Waals surface area contributed by atoms with Gasteiger partial charge in [0, 0.05) is 30.8 Å². The summed E-state index contributed by atoms with van der Waals surface area (Å²) in [6.45, 7) is 4.91. The molecule has 0 radical (unpaired) electrons. The van der Waals surface area contributed by atoms with Gasteiger partial charge in [-0.15, -0.1) is 0 Å². The molecule has 2 atom stereocenters.